The van der Waals surface area contributed by atoms with Crippen LogP contribution >= 0.6 is 11.3 Å². The Morgan fingerprint density at radius 1 is 0.400 bits per heavy atom. The predicted octanol–water partition coefficient (Wildman–Crippen LogP) is 20.2. The molecule has 11 aromatic carbocycles. The van der Waals surface area contributed by atoms with E-state index in [9.17, 15) is 0 Å². The van der Waals surface area contributed by atoms with Crippen molar-refractivity contribution in [3.05, 3.63) is 289 Å². The van der Waals surface area contributed by atoms with Gasteiger partial charge in [-0.2, -0.15) is 0 Å². The number of benzene rings is 11. The monoisotopic (exact) mass is 980 g/mol. The molecule has 3 nitrogen and oxygen atoms in total. The SMILES string of the molecule is CC(C)(C)c1ccc(N(c2ccc(-c3ccccc3)cc2)c2cc3c(c4c2oc2ccccc24)-c2c(cc(N(c4ccccc4)c4ccccc4)c4c2sc2ccccc24)C3(c2ccccc2)c2ccccc2)cc1. The van der Waals surface area contributed by atoms with Gasteiger partial charge in [-0.25, -0.2) is 0 Å². The molecule has 2 heterocycles. The van der Waals surface area contributed by atoms with Crippen LogP contribution in [-0.4, -0.2) is 0 Å². The van der Waals surface area contributed by atoms with Gasteiger partial charge in [0.15, 0.2) is 5.58 Å². The number of hydrogen-bond donors (Lipinski definition) is 0. The Hall–Kier alpha value is -8.96. The van der Waals surface area contributed by atoms with Crippen molar-refractivity contribution < 1.29 is 4.42 Å². The first-order chi connectivity index (χ1) is 36.9. The van der Waals surface area contributed by atoms with Crippen LogP contribution in [0.15, 0.2) is 265 Å². The van der Waals surface area contributed by atoms with Crippen molar-refractivity contribution in [2.45, 2.75) is 31.6 Å². The molecular weight excluding hydrogens is 929 g/mol. The quantitative estimate of drug-likeness (QED) is 0.144. The molecule has 0 unspecified atom stereocenters. The van der Waals surface area contributed by atoms with Crippen molar-refractivity contribution in [3.8, 4) is 22.3 Å². The first-order valence-electron chi connectivity index (χ1n) is 25.9. The largest absolute Gasteiger partial charge is 0.454 e. The van der Waals surface area contributed by atoms with Gasteiger partial charge in [0.2, 0.25) is 0 Å². The number of thiophene rings is 1. The molecule has 0 bridgehead atoms. The van der Waals surface area contributed by atoms with Gasteiger partial charge >= 0.3 is 0 Å². The van der Waals surface area contributed by atoms with E-state index in [0.717, 1.165) is 61.6 Å². The normalized spacial score (nSPS) is 12.8. The summed E-state index contributed by atoms with van der Waals surface area (Å²) in [5, 5.41) is 4.66. The summed E-state index contributed by atoms with van der Waals surface area (Å²) in [6, 6.07) is 95.8. The average molecular weight is 981 g/mol. The highest BCUT2D eigenvalue weighted by Gasteiger charge is 2.50. The van der Waals surface area contributed by atoms with E-state index >= 15 is 0 Å². The summed E-state index contributed by atoms with van der Waals surface area (Å²) in [6.45, 7) is 6.84. The summed E-state index contributed by atoms with van der Waals surface area (Å²) in [5.41, 5.74) is 18.2. The highest BCUT2D eigenvalue weighted by molar-refractivity contribution is 7.26. The first-order valence-corrected chi connectivity index (χ1v) is 26.7. The van der Waals surface area contributed by atoms with Gasteiger partial charge in [-0.3, -0.25) is 0 Å². The second-order valence-electron chi connectivity index (χ2n) is 20.8. The number of para-hydroxylation sites is 3. The summed E-state index contributed by atoms with van der Waals surface area (Å²) in [5.74, 6) is 0. The molecule has 1 aliphatic rings. The van der Waals surface area contributed by atoms with Gasteiger partial charge in [0, 0.05) is 64.8 Å². The molecule has 0 radical (unpaired) electrons. The molecule has 0 saturated carbocycles. The van der Waals surface area contributed by atoms with Crippen molar-refractivity contribution in [3.63, 3.8) is 0 Å². The highest BCUT2D eigenvalue weighted by atomic mass is 32.1. The lowest BCUT2D eigenvalue weighted by Gasteiger charge is -2.36. The predicted molar refractivity (Wildman–Crippen MR) is 317 cm³/mol. The van der Waals surface area contributed by atoms with Crippen LogP contribution in [-0.2, 0) is 10.8 Å². The minimum absolute atomic E-state index is 0.0234. The van der Waals surface area contributed by atoms with E-state index < -0.39 is 5.41 Å². The highest BCUT2D eigenvalue weighted by Crippen LogP contribution is 2.65. The van der Waals surface area contributed by atoms with Crippen molar-refractivity contribution in [1.29, 1.82) is 0 Å². The second-order valence-corrected chi connectivity index (χ2v) is 21.8. The van der Waals surface area contributed by atoms with Gasteiger partial charge in [-0.05, 0) is 117 Å². The standard InChI is InChI=1S/C71H52N2OS/c1-70(2,3)49-39-43-55(44-40-49)73(54-41-37-48(38-42-54)47-23-9-4-10-24-47)61-46-58-66(65-56-33-19-21-35-62(56)74-68(61)65)67-59(71(58,50-25-11-5-12-26-50)51-27-13-6-14-28-51)45-60(64-57-34-20-22-36-63(57)75-69(64)67)72(52-29-15-7-16-30-52)53-31-17-8-18-32-53/h4-46H,1-3H3. The Morgan fingerprint density at radius 2 is 0.853 bits per heavy atom. The maximum absolute atomic E-state index is 7.40. The van der Waals surface area contributed by atoms with E-state index in [0.29, 0.717) is 0 Å². The van der Waals surface area contributed by atoms with Gasteiger partial charge in [0.05, 0.1) is 16.8 Å². The maximum Gasteiger partial charge on any atom is 0.160 e. The van der Waals surface area contributed by atoms with Crippen molar-refractivity contribution in [2.24, 2.45) is 0 Å². The lowest BCUT2D eigenvalue weighted by Crippen LogP contribution is -2.29. The topological polar surface area (TPSA) is 19.6 Å². The van der Waals surface area contributed by atoms with Crippen LogP contribution in [0.4, 0.5) is 34.1 Å². The van der Waals surface area contributed by atoms with Crippen LogP contribution in [0, 0.1) is 0 Å². The number of anilines is 6. The third kappa shape index (κ3) is 7.08. The zero-order valence-corrected chi connectivity index (χ0v) is 42.9. The Kier molecular flexibility index (Phi) is 10.5. The van der Waals surface area contributed by atoms with E-state index in [2.05, 4.69) is 291 Å². The Labute approximate surface area is 441 Å². The minimum Gasteiger partial charge on any atom is -0.454 e. The molecule has 75 heavy (non-hydrogen) atoms. The fraction of sp³-hybridized carbons (Fsp3) is 0.0704. The van der Waals surface area contributed by atoms with Crippen LogP contribution in [0.5, 0.6) is 0 Å². The fourth-order valence-corrected chi connectivity index (χ4v) is 13.3. The molecule has 4 heteroatoms. The Bertz CT molecular complexity index is 4160. The van der Waals surface area contributed by atoms with E-state index in [-0.39, 0.29) is 5.41 Å². The third-order valence-corrected chi connectivity index (χ3v) is 16.7. The van der Waals surface area contributed by atoms with E-state index in [1.165, 1.54) is 64.7 Å². The lowest BCUT2D eigenvalue weighted by molar-refractivity contribution is 0.590. The molecule has 0 N–H and O–H groups in total. The molecule has 0 fully saturated rings. The number of furan rings is 1. The fourth-order valence-electron chi connectivity index (χ4n) is 12.1. The van der Waals surface area contributed by atoms with Gasteiger partial charge < -0.3 is 14.2 Å². The molecule has 0 spiro atoms. The van der Waals surface area contributed by atoms with Gasteiger partial charge in [-0.1, -0.05) is 209 Å². The molecule has 0 amide bonds. The molecule has 14 rings (SSSR count). The molecule has 13 aromatic rings. The lowest BCUT2D eigenvalue weighted by atomic mass is 9.67. The second kappa shape index (κ2) is 17.6. The number of rotatable bonds is 9. The summed E-state index contributed by atoms with van der Waals surface area (Å²) in [7, 11) is 0. The Morgan fingerprint density at radius 3 is 1.45 bits per heavy atom. The van der Waals surface area contributed by atoms with Crippen molar-refractivity contribution in [1.82, 2.24) is 0 Å². The maximum atomic E-state index is 7.40. The zero-order chi connectivity index (χ0) is 50.3. The van der Waals surface area contributed by atoms with Crippen LogP contribution in [0.2, 0.25) is 0 Å². The Balaban J connectivity index is 1.17. The van der Waals surface area contributed by atoms with E-state index in [1.807, 2.05) is 11.3 Å². The summed E-state index contributed by atoms with van der Waals surface area (Å²) in [6.07, 6.45) is 0. The zero-order valence-electron chi connectivity index (χ0n) is 42.0. The molecular formula is C71H52N2OS. The number of hydrogen-bond acceptors (Lipinski definition) is 4. The van der Waals surface area contributed by atoms with Crippen molar-refractivity contribution >= 4 is 87.6 Å². The molecule has 2 aromatic heterocycles. The molecule has 0 aliphatic heterocycles. The molecule has 0 saturated heterocycles. The van der Waals surface area contributed by atoms with Gasteiger partial charge in [0.25, 0.3) is 0 Å². The average Bonchev–Trinajstić information content (AvgIpc) is 4.16. The van der Waals surface area contributed by atoms with Crippen LogP contribution in [0.3, 0.4) is 0 Å². The molecule has 358 valence electrons. The molecule has 0 atom stereocenters. The third-order valence-electron chi connectivity index (χ3n) is 15.5. The van der Waals surface area contributed by atoms with Gasteiger partial charge in [0.1, 0.15) is 5.58 Å². The minimum atomic E-state index is -0.800. The smallest absolute Gasteiger partial charge is 0.160 e. The summed E-state index contributed by atoms with van der Waals surface area (Å²) < 4.78 is 9.90. The van der Waals surface area contributed by atoms with Crippen LogP contribution in [0.1, 0.15) is 48.6 Å². The molecule has 1 aliphatic carbocycles. The number of fused-ring (bicyclic) bond motifs is 11. The van der Waals surface area contributed by atoms with Crippen LogP contribution < -0.4 is 9.80 Å². The van der Waals surface area contributed by atoms with Crippen LogP contribution in [0.25, 0.3) is 64.4 Å². The van der Waals surface area contributed by atoms with Crippen molar-refractivity contribution in [2.75, 3.05) is 9.80 Å². The summed E-state index contributed by atoms with van der Waals surface area (Å²) >= 11 is 1.90. The number of nitrogens with zero attached hydrogens (tertiary/aromatic N) is 2. The van der Waals surface area contributed by atoms with E-state index in [1.54, 1.807) is 0 Å². The van der Waals surface area contributed by atoms with Gasteiger partial charge in [-0.15, -0.1) is 11.3 Å². The van der Waals surface area contributed by atoms with E-state index in [4.69, 9.17) is 4.42 Å². The first kappa shape index (κ1) is 44.7. The summed E-state index contributed by atoms with van der Waals surface area (Å²) in [4.78, 5) is 4.91.